The van der Waals surface area contributed by atoms with Crippen LogP contribution in [0.4, 0.5) is 5.69 Å². The normalized spacial score (nSPS) is 10.8. The fourth-order valence-electron chi connectivity index (χ4n) is 2.47. The first-order valence-corrected chi connectivity index (χ1v) is 8.45. The Labute approximate surface area is 155 Å². The van der Waals surface area contributed by atoms with Crippen molar-refractivity contribution in [3.05, 3.63) is 50.7 Å². The van der Waals surface area contributed by atoms with Crippen LogP contribution in [0.15, 0.2) is 33.8 Å². The molecule has 9 nitrogen and oxygen atoms in total. The molecule has 0 aliphatic rings. The minimum absolute atomic E-state index is 0.0178. The number of aromatic nitrogens is 4. The van der Waals surface area contributed by atoms with E-state index in [1.807, 2.05) is 0 Å². The molecule has 0 atom stereocenters. The maximum atomic E-state index is 12.5. The van der Waals surface area contributed by atoms with E-state index in [9.17, 15) is 14.4 Å². The average Bonchev–Trinajstić information content (AvgIpc) is 2.96. The monoisotopic (exact) mass is 418 g/mol. The summed E-state index contributed by atoms with van der Waals surface area (Å²) in [6.07, 6.45) is 1.42. The number of carbonyl (C=O) groups is 2. The molecule has 0 bridgehead atoms. The molecule has 0 fully saturated rings. The van der Waals surface area contributed by atoms with Crippen LogP contribution in [0.25, 0.3) is 10.9 Å². The Morgan fingerprint density at radius 2 is 2.15 bits per heavy atom. The summed E-state index contributed by atoms with van der Waals surface area (Å²) in [6.45, 7) is 1.80. The van der Waals surface area contributed by atoms with Gasteiger partial charge in [0.1, 0.15) is 0 Å². The van der Waals surface area contributed by atoms with Crippen molar-refractivity contribution in [3.8, 4) is 0 Å². The Hall–Kier alpha value is -3.01. The van der Waals surface area contributed by atoms with E-state index in [-0.39, 0.29) is 35.8 Å². The Balaban J connectivity index is 1.75. The van der Waals surface area contributed by atoms with Crippen LogP contribution < -0.4 is 16.6 Å². The summed E-state index contributed by atoms with van der Waals surface area (Å²) >= 11 is 3.33. The SMILES string of the molecule is Cc1[nH]nc(C(N)=O)c1NC(=O)CCn1cnc2ccc(Br)cc2c1=O. The van der Waals surface area contributed by atoms with Crippen molar-refractivity contribution in [1.82, 2.24) is 19.7 Å². The predicted molar refractivity (Wildman–Crippen MR) is 98.8 cm³/mol. The number of nitrogens with two attached hydrogens (primary N) is 1. The number of halogens is 1. The third-order valence-corrected chi connectivity index (χ3v) is 4.30. The van der Waals surface area contributed by atoms with Gasteiger partial charge < -0.3 is 11.1 Å². The molecule has 2 amide bonds. The summed E-state index contributed by atoms with van der Waals surface area (Å²) in [5.74, 6) is -1.12. The smallest absolute Gasteiger partial charge is 0.271 e. The minimum atomic E-state index is -0.745. The molecule has 0 radical (unpaired) electrons. The molecule has 134 valence electrons. The van der Waals surface area contributed by atoms with Crippen LogP contribution in [0.5, 0.6) is 0 Å². The molecular formula is C16H15BrN6O3. The molecule has 10 heteroatoms. The van der Waals surface area contributed by atoms with Crippen molar-refractivity contribution < 1.29 is 9.59 Å². The van der Waals surface area contributed by atoms with Gasteiger partial charge in [-0.05, 0) is 25.1 Å². The lowest BCUT2D eigenvalue weighted by molar-refractivity contribution is -0.116. The maximum Gasteiger partial charge on any atom is 0.271 e. The molecule has 0 aliphatic carbocycles. The fourth-order valence-corrected chi connectivity index (χ4v) is 2.84. The Morgan fingerprint density at radius 3 is 2.88 bits per heavy atom. The Morgan fingerprint density at radius 1 is 1.38 bits per heavy atom. The van der Waals surface area contributed by atoms with Crippen LogP contribution in [0.2, 0.25) is 0 Å². The summed E-state index contributed by atoms with van der Waals surface area (Å²) in [5.41, 5.74) is 6.30. The van der Waals surface area contributed by atoms with Crippen molar-refractivity contribution in [2.45, 2.75) is 19.9 Å². The van der Waals surface area contributed by atoms with E-state index in [1.54, 1.807) is 25.1 Å². The highest BCUT2D eigenvalue weighted by Gasteiger charge is 2.17. The number of rotatable bonds is 5. The first-order valence-electron chi connectivity index (χ1n) is 7.66. The number of nitrogens with zero attached hydrogens (tertiary/aromatic N) is 3. The second-order valence-corrected chi connectivity index (χ2v) is 6.55. The molecule has 3 aromatic rings. The number of aryl methyl sites for hydroxylation is 2. The van der Waals surface area contributed by atoms with Gasteiger partial charge in [0.2, 0.25) is 5.91 Å². The molecule has 2 aromatic heterocycles. The minimum Gasteiger partial charge on any atom is -0.364 e. The molecule has 1 aromatic carbocycles. The number of fused-ring (bicyclic) bond motifs is 1. The lowest BCUT2D eigenvalue weighted by atomic mass is 10.2. The zero-order valence-electron chi connectivity index (χ0n) is 13.7. The van der Waals surface area contributed by atoms with Crippen LogP contribution in [0, 0.1) is 6.92 Å². The van der Waals surface area contributed by atoms with E-state index < -0.39 is 5.91 Å². The Kier molecular flexibility index (Phi) is 4.85. The number of amides is 2. The highest BCUT2D eigenvalue weighted by molar-refractivity contribution is 9.10. The number of aromatic amines is 1. The first kappa shape index (κ1) is 17.8. The second-order valence-electron chi connectivity index (χ2n) is 5.64. The molecule has 0 unspecified atom stereocenters. The molecule has 0 saturated heterocycles. The number of nitrogens with one attached hydrogen (secondary N) is 2. The van der Waals surface area contributed by atoms with Crippen LogP contribution >= 0.6 is 15.9 Å². The van der Waals surface area contributed by atoms with Gasteiger partial charge >= 0.3 is 0 Å². The molecule has 0 saturated carbocycles. The van der Waals surface area contributed by atoms with Gasteiger partial charge in [-0.3, -0.25) is 24.0 Å². The van der Waals surface area contributed by atoms with Gasteiger partial charge in [0, 0.05) is 17.4 Å². The molecule has 2 heterocycles. The van der Waals surface area contributed by atoms with Crippen LogP contribution in [0.3, 0.4) is 0 Å². The number of hydrogen-bond acceptors (Lipinski definition) is 5. The van der Waals surface area contributed by atoms with Crippen LogP contribution in [0.1, 0.15) is 22.6 Å². The third-order valence-electron chi connectivity index (χ3n) is 3.81. The van der Waals surface area contributed by atoms with Gasteiger partial charge in [-0.15, -0.1) is 0 Å². The Bertz CT molecular complexity index is 1070. The van der Waals surface area contributed by atoms with Crippen molar-refractivity contribution in [3.63, 3.8) is 0 Å². The number of anilines is 1. The van der Waals surface area contributed by atoms with Crippen molar-refractivity contribution >= 4 is 44.3 Å². The quantitative estimate of drug-likeness (QED) is 0.573. The number of H-pyrrole nitrogens is 1. The topological polar surface area (TPSA) is 136 Å². The molecule has 3 rings (SSSR count). The van der Waals surface area contributed by atoms with Crippen molar-refractivity contribution in [2.75, 3.05) is 5.32 Å². The zero-order chi connectivity index (χ0) is 18.8. The summed E-state index contributed by atoms with van der Waals surface area (Å²) in [4.78, 5) is 40.2. The van der Waals surface area contributed by atoms with E-state index in [0.29, 0.717) is 16.6 Å². The molecule has 4 N–H and O–H groups in total. The van der Waals surface area contributed by atoms with Crippen molar-refractivity contribution in [2.24, 2.45) is 5.73 Å². The zero-order valence-corrected chi connectivity index (χ0v) is 15.3. The highest BCUT2D eigenvalue weighted by Crippen LogP contribution is 2.17. The van der Waals surface area contributed by atoms with Gasteiger partial charge in [-0.25, -0.2) is 4.98 Å². The maximum absolute atomic E-state index is 12.5. The molecule has 0 aliphatic heterocycles. The summed E-state index contributed by atoms with van der Waals surface area (Å²) in [6, 6.07) is 5.23. The molecule has 26 heavy (non-hydrogen) atoms. The van der Waals surface area contributed by atoms with E-state index in [1.165, 1.54) is 10.9 Å². The average molecular weight is 419 g/mol. The number of carbonyl (C=O) groups excluding carboxylic acids is 2. The summed E-state index contributed by atoms with van der Waals surface area (Å²) < 4.78 is 2.14. The van der Waals surface area contributed by atoms with Crippen molar-refractivity contribution in [1.29, 1.82) is 0 Å². The number of benzene rings is 1. The van der Waals surface area contributed by atoms with E-state index in [0.717, 1.165) is 4.47 Å². The predicted octanol–water partition coefficient (Wildman–Crippen LogP) is 1.32. The van der Waals surface area contributed by atoms with Gasteiger partial charge in [-0.1, -0.05) is 15.9 Å². The number of primary amides is 1. The third kappa shape index (κ3) is 3.49. The summed E-state index contributed by atoms with van der Waals surface area (Å²) in [7, 11) is 0. The molecule has 0 spiro atoms. The van der Waals surface area contributed by atoms with Gasteiger partial charge in [-0.2, -0.15) is 5.10 Å². The van der Waals surface area contributed by atoms with Gasteiger partial charge in [0.15, 0.2) is 5.69 Å². The van der Waals surface area contributed by atoms with Gasteiger partial charge in [0.25, 0.3) is 11.5 Å². The van der Waals surface area contributed by atoms with Crippen LogP contribution in [-0.2, 0) is 11.3 Å². The second kappa shape index (κ2) is 7.08. The largest absolute Gasteiger partial charge is 0.364 e. The van der Waals surface area contributed by atoms with E-state index >= 15 is 0 Å². The number of hydrogen-bond donors (Lipinski definition) is 3. The van der Waals surface area contributed by atoms with Gasteiger partial charge in [0.05, 0.1) is 28.6 Å². The van der Waals surface area contributed by atoms with E-state index in [2.05, 4.69) is 36.4 Å². The standard InChI is InChI=1S/C16H15BrN6O3/c1-8-13(14(15(18)25)22-21-8)20-12(24)4-5-23-7-19-11-3-2-9(17)6-10(11)16(23)26/h2-3,6-7H,4-5H2,1H3,(H2,18,25)(H,20,24)(H,21,22). The highest BCUT2D eigenvalue weighted by atomic mass is 79.9. The van der Waals surface area contributed by atoms with E-state index in [4.69, 9.17) is 5.73 Å². The van der Waals surface area contributed by atoms with Crippen LogP contribution in [-0.4, -0.2) is 31.6 Å². The lowest BCUT2D eigenvalue weighted by Gasteiger charge is -2.08. The molecular weight excluding hydrogens is 404 g/mol. The first-order chi connectivity index (χ1) is 12.4. The summed E-state index contributed by atoms with van der Waals surface area (Å²) in [5, 5.41) is 9.42. The fraction of sp³-hybridized carbons (Fsp3) is 0.188. The lowest BCUT2D eigenvalue weighted by Crippen LogP contribution is -2.24.